The van der Waals surface area contributed by atoms with Gasteiger partial charge in [0.15, 0.2) is 5.65 Å². The molecule has 1 atom stereocenters. The van der Waals surface area contributed by atoms with Crippen LogP contribution >= 0.6 is 24.8 Å². The zero-order chi connectivity index (χ0) is 18.0. The van der Waals surface area contributed by atoms with E-state index in [1.807, 2.05) is 14.0 Å². The Hall–Kier alpha value is -1.57. The van der Waals surface area contributed by atoms with Gasteiger partial charge in [-0.1, -0.05) is 0 Å². The van der Waals surface area contributed by atoms with Crippen LogP contribution < -0.4 is 15.4 Å². The van der Waals surface area contributed by atoms with Crippen LogP contribution in [0.5, 0.6) is 5.88 Å². The Morgan fingerprint density at radius 2 is 2.11 bits per heavy atom. The molecule has 0 bridgehead atoms. The highest BCUT2D eigenvalue weighted by Gasteiger charge is 2.19. The minimum Gasteiger partial charge on any atom is -0.479 e. The fourth-order valence-electron chi connectivity index (χ4n) is 3.60. The lowest BCUT2D eigenvalue weighted by Crippen LogP contribution is -2.37. The summed E-state index contributed by atoms with van der Waals surface area (Å²) >= 11 is 0. The summed E-state index contributed by atoms with van der Waals surface area (Å²) in [7, 11) is 3.48. The molecule has 0 aromatic carbocycles. The fraction of sp³-hybridized carbons (Fsp3) is 0.611. The number of hydrogen-bond donors (Lipinski definition) is 2. The van der Waals surface area contributed by atoms with E-state index in [1.165, 1.54) is 6.42 Å². The molecule has 0 aliphatic carbocycles. The predicted octanol–water partition coefficient (Wildman–Crippen LogP) is 2.24. The number of halogens is 2. The zero-order valence-electron chi connectivity index (χ0n) is 16.3. The highest BCUT2D eigenvalue weighted by Crippen LogP contribution is 2.30. The first-order valence-corrected chi connectivity index (χ1v) is 8.88. The number of hydrogen-bond acceptors (Lipinski definition) is 5. The van der Waals surface area contributed by atoms with Crippen LogP contribution in [-0.4, -0.2) is 46.9 Å². The van der Waals surface area contributed by atoms with E-state index in [9.17, 15) is 4.79 Å². The van der Waals surface area contributed by atoms with Crippen molar-refractivity contribution in [3.63, 3.8) is 0 Å². The van der Waals surface area contributed by atoms with Gasteiger partial charge in [0.1, 0.15) is 0 Å². The Morgan fingerprint density at radius 3 is 2.74 bits per heavy atom. The van der Waals surface area contributed by atoms with Crippen LogP contribution in [0.1, 0.15) is 36.1 Å². The number of amides is 1. The molecule has 1 saturated heterocycles. The average molecular weight is 418 g/mol. The lowest BCUT2D eigenvalue weighted by atomic mass is 10.00. The minimum atomic E-state index is 0. The molecule has 9 heteroatoms. The van der Waals surface area contributed by atoms with Gasteiger partial charge in [-0.2, -0.15) is 0 Å². The normalized spacial score (nSPS) is 15.9. The van der Waals surface area contributed by atoms with Crippen LogP contribution in [0.25, 0.3) is 11.0 Å². The van der Waals surface area contributed by atoms with Crippen LogP contribution in [0, 0.1) is 13.8 Å². The molecule has 7 nitrogen and oxygen atoms in total. The van der Waals surface area contributed by atoms with Crippen molar-refractivity contribution in [1.82, 2.24) is 25.4 Å². The molecule has 2 aromatic rings. The van der Waals surface area contributed by atoms with Crippen LogP contribution in [0.15, 0.2) is 0 Å². The second kappa shape index (κ2) is 10.1. The van der Waals surface area contributed by atoms with Crippen molar-refractivity contribution in [3.8, 4) is 5.88 Å². The third kappa shape index (κ3) is 5.03. The SMILES string of the molecule is COc1nn(C)c2nc(C)c(CCC(=O)NCC3CCCN3)c(C)c12.Cl.Cl. The molecule has 0 saturated carbocycles. The van der Waals surface area contributed by atoms with Gasteiger partial charge in [-0.3, -0.25) is 4.79 Å². The van der Waals surface area contributed by atoms with E-state index in [2.05, 4.69) is 27.6 Å². The van der Waals surface area contributed by atoms with Gasteiger partial charge in [0.2, 0.25) is 11.8 Å². The minimum absolute atomic E-state index is 0. The molecular weight excluding hydrogens is 389 g/mol. The molecule has 1 unspecified atom stereocenters. The molecule has 2 aromatic heterocycles. The maximum absolute atomic E-state index is 12.2. The van der Waals surface area contributed by atoms with Gasteiger partial charge in [-0.15, -0.1) is 29.9 Å². The third-order valence-corrected chi connectivity index (χ3v) is 5.03. The van der Waals surface area contributed by atoms with E-state index in [-0.39, 0.29) is 30.7 Å². The molecule has 3 rings (SSSR count). The summed E-state index contributed by atoms with van der Waals surface area (Å²) in [6.07, 6.45) is 3.46. The van der Waals surface area contributed by atoms with Crippen molar-refractivity contribution in [2.75, 3.05) is 20.2 Å². The Balaban J connectivity index is 0.00000182. The van der Waals surface area contributed by atoms with Crippen LogP contribution in [0.2, 0.25) is 0 Å². The van der Waals surface area contributed by atoms with Gasteiger partial charge in [0.25, 0.3) is 0 Å². The summed E-state index contributed by atoms with van der Waals surface area (Å²) in [4.78, 5) is 16.9. The van der Waals surface area contributed by atoms with E-state index in [0.29, 0.717) is 31.3 Å². The van der Waals surface area contributed by atoms with Crippen molar-refractivity contribution in [2.24, 2.45) is 7.05 Å². The number of nitrogens with zero attached hydrogens (tertiary/aromatic N) is 3. The standard InChI is InChI=1S/C18H27N5O2.2ClH/c1-11-14(7-8-15(24)20-10-13-6-5-9-19-13)12(2)21-17-16(11)18(25-4)22-23(17)3;;/h13,19H,5-10H2,1-4H3,(H,20,24);2*1H. The number of aromatic nitrogens is 3. The van der Waals surface area contributed by atoms with Crippen molar-refractivity contribution in [2.45, 2.75) is 45.6 Å². The Labute approximate surface area is 172 Å². The first kappa shape index (κ1) is 23.5. The van der Waals surface area contributed by atoms with Crippen molar-refractivity contribution in [1.29, 1.82) is 0 Å². The van der Waals surface area contributed by atoms with Gasteiger partial charge in [0, 0.05) is 31.7 Å². The van der Waals surface area contributed by atoms with Gasteiger partial charge in [0.05, 0.1) is 12.5 Å². The second-order valence-electron chi connectivity index (χ2n) is 6.73. The van der Waals surface area contributed by atoms with Gasteiger partial charge in [-0.25, -0.2) is 9.67 Å². The van der Waals surface area contributed by atoms with E-state index in [0.717, 1.165) is 40.8 Å². The molecule has 2 N–H and O–H groups in total. The number of carbonyl (C=O) groups is 1. The summed E-state index contributed by atoms with van der Waals surface area (Å²) in [6.45, 7) is 5.81. The van der Waals surface area contributed by atoms with Crippen molar-refractivity contribution >= 4 is 41.8 Å². The van der Waals surface area contributed by atoms with Crippen LogP contribution in [0.3, 0.4) is 0 Å². The molecule has 1 fully saturated rings. The summed E-state index contributed by atoms with van der Waals surface area (Å²) in [5, 5.41) is 11.7. The van der Waals surface area contributed by atoms with E-state index in [1.54, 1.807) is 11.8 Å². The summed E-state index contributed by atoms with van der Waals surface area (Å²) < 4.78 is 7.12. The first-order chi connectivity index (χ1) is 12.0. The highest BCUT2D eigenvalue weighted by molar-refractivity contribution is 5.86. The molecule has 1 aliphatic heterocycles. The smallest absolute Gasteiger partial charge is 0.242 e. The topological polar surface area (TPSA) is 81.1 Å². The van der Waals surface area contributed by atoms with Gasteiger partial charge in [-0.05, 0) is 50.8 Å². The monoisotopic (exact) mass is 417 g/mol. The summed E-state index contributed by atoms with van der Waals surface area (Å²) in [6, 6.07) is 0.421. The number of pyridine rings is 1. The molecular formula is C18H29Cl2N5O2. The second-order valence-corrected chi connectivity index (χ2v) is 6.73. The zero-order valence-corrected chi connectivity index (χ0v) is 17.9. The average Bonchev–Trinajstić information content (AvgIpc) is 3.21. The van der Waals surface area contributed by atoms with E-state index < -0.39 is 0 Å². The molecule has 1 aliphatic rings. The molecule has 3 heterocycles. The highest BCUT2D eigenvalue weighted by atomic mass is 35.5. The predicted molar refractivity (Wildman–Crippen MR) is 111 cm³/mol. The number of nitrogens with one attached hydrogen (secondary N) is 2. The molecule has 1 amide bonds. The van der Waals surface area contributed by atoms with Crippen LogP contribution in [-0.2, 0) is 18.3 Å². The first-order valence-electron chi connectivity index (χ1n) is 8.88. The number of rotatable bonds is 6. The third-order valence-electron chi connectivity index (χ3n) is 5.03. The van der Waals surface area contributed by atoms with E-state index >= 15 is 0 Å². The summed E-state index contributed by atoms with van der Waals surface area (Å²) in [5.41, 5.74) is 3.96. The molecule has 0 radical (unpaired) electrons. The molecule has 27 heavy (non-hydrogen) atoms. The van der Waals surface area contributed by atoms with Crippen LogP contribution in [0.4, 0.5) is 0 Å². The number of fused-ring (bicyclic) bond motifs is 1. The van der Waals surface area contributed by atoms with E-state index in [4.69, 9.17) is 4.74 Å². The Morgan fingerprint density at radius 1 is 1.37 bits per heavy atom. The molecule has 0 spiro atoms. The molecule has 152 valence electrons. The number of methoxy groups -OCH3 is 1. The summed E-state index contributed by atoms with van der Waals surface area (Å²) in [5.74, 6) is 0.672. The van der Waals surface area contributed by atoms with Crippen molar-refractivity contribution < 1.29 is 9.53 Å². The number of aryl methyl sites for hydroxylation is 3. The fourth-order valence-corrected chi connectivity index (χ4v) is 3.60. The maximum Gasteiger partial charge on any atom is 0.242 e. The number of carbonyl (C=O) groups excluding carboxylic acids is 1. The largest absolute Gasteiger partial charge is 0.479 e. The Bertz CT molecular complexity index is 788. The number of ether oxygens (including phenoxy) is 1. The maximum atomic E-state index is 12.2. The lowest BCUT2D eigenvalue weighted by molar-refractivity contribution is -0.121. The Kier molecular flexibility index (Phi) is 8.78. The van der Waals surface area contributed by atoms with Gasteiger partial charge >= 0.3 is 0 Å². The lowest BCUT2D eigenvalue weighted by Gasteiger charge is -2.13. The van der Waals surface area contributed by atoms with Crippen molar-refractivity contribution in [3.05, 3.63) is 16.8 Å². The quantitative estimate of drug-likeness (QED) is 0.752. The van der Waals surface area contributed by atoms with Gasteiger partial charge < -0.3 is 15.4 Å².